The van der Waals surface area contributed by atoms with Crippen molar-refractivity contribution in [3.8, 4) is 11.5 Å². The Kier molecular flexibility index (Phi) is 5.83. The second-order valence-electron chi connectivity index (χ2n) is 6.40. The summed E-state index contributed by atoms with van der Waals surface area (Å²) in [4.78, 5) is 36.5. The van der Waals surface area contributed by atoms with E-state index in [2.05, 4.69) is 10.6 Å². The molecule has 2 aromatic rings. The van der Waals surface area contributed by atoms with Crippen molar-refractivity contribution >= 4 is 23.5 Å². The van der Waals surface area contributed by atoms with E-state index in [-0.39, 0.29) is 18.5 Å². The quantitative estimate of drug-likeness (QED) is 0.696. The fourth-order valence-corrected chi connectivity index (χ4v) is 2.52. The molecule has 1 aliphatic rings. The highest BCUT2D eigenvalue weighted by atomic mass is 16.7. The summed E-state index contributed by atoms with van der Waals surface area (Å²) in [6.45, 7) is 3.14. The lowest BCUT2D eigenvalue weighted by atomic mass is 10.0. The molecule has 0 spiro atoms. The number of benzene rings is 1. The average molecular weight is 388 g/mol. The Hall–Kier alpha value is -3.49. The van der Waals surface area contributed by atoms with E-state index in [0.717, 1.165) is 0 Å². The minimum absolute atomic E-state index is 0.0824. The Bertz CT molecular complexity index is 861. The number of esters is 1. The zero-order valence-electron chi connectivity index (χ0n) is 15.4. The fraction of sp³-hybridized carbons (Fsp3) is 0.316. The molecule has 0 unspecified atom stereocenters. The van der Waals surface area contributed by atoms with Gasteiger partial charge in [0.1, 0.15) is 6.04 Å². The van der Waals surface area contributed by atoms with Crippen molar-refractivity contribution in [3.05, 3.63) is 42.4 Å². The lowest BCUT2D eigenvalue weighted by molar-refractivity contribution is -0.150. The minimum Gasteiger partial charge on any atom is -0.459 e. The molecule has 1 aliphatic heterocycles. The number of amides is 2. The summed E-state index contributed by atoms with van der Waals surface area (Å²) in [6, 6.07) is 7.06. The molecule has 0 saturated carbocycles. The fourth-order valence-electron chi connectivity index (χ4n) is 2.52. The van der Waals surface area contributed by atoms with E-state index < -0.39 is 30.4 Å². The van der Waals surface area contributed by atoms with Gasteiger partial charge in [-0.3, -0.25) is 9.59 Å². The number of nitrogens with one attached hydrogen (secondary N) is 2. The van der Waals surface area contributed by atoms with Gasteiger partial charge in [-0.05, 0) is 30.2 Å². The highest BCUT2D eigenvalue weighted by Crippen LogP contribution is 2.34. The molecule has 1 atom stereocenters. The number of furan rings is 1. The second-order valence-corrected chi connectivity index (χ2v) is 6.40. The molecule has 148 valence electrons. The van der Waals surface area contributed by atoms with Gasteiger partial charge in [-0.15, -0.1) is 0 Å². The number of rotatable bonds is 7. The van der Waals surface area contributed by atoms with Crippen LogP contribution < -0.4 is 20.1 Å². The van der Waals surface area contributed by atoms with Crippen molar-refractivity contribution in [1.29, 1.82) is 0 Å². The van der Waals surface area contributed by atoms with Crippen molar-refractivity contribution in [2.75, 3.05) is 18.7 Å². The summed E-state index contributed by atoms with van der Waals surface area (Å²) in [5.41, 5.74) is 0.483. The van der Waals surface area contributed by atoms with Crippen molar-refractivity contribution in [2.45, 2.75) is 19.9 Å². The topological polar surface area (TPSA) is 116 Å². The van der Waals surface area contributed by atoms with Gasteiger partial charge in [-0.25, -0.2) is 4.79 Å². The molecule has 9 nitrogen and oxygen atoms in total. The zero-order chi connectivity index (χ0) is 20.1. The lowest BCUT2D eigenvalue weighted by Crippen LogP contribution is -2.45. The van der Waals surface area contributed by atoms with E-state index in [1.54, 1.807) is 38.1 Å². The summed E-state index contributed by atoms with van der Waals surface area (Å²) in [5, 5.41) is 5.16. The molecule has 2 amide bonds. The van der Waals surface area contributed by atoms with Crippen LogP contribution in [0.15, 0.2) is 41.0 Å². The molecular formula is C19H20N2O7. The molecule has 0 saturated heterocycles. The smallest absolute Gasteiger partial charge is 0.329 e. The highest BCUT2D eigenvalue weighted by Gasteiger charge is 2.27. The molecule has 0 aliphatic carbocycles. The number of fused-ring (bicyclic) bond motifs is 1. The minimum atomic E-state index is -0.920. The van der Waals surface area contributed by atoms with Gasteiger partial charge >= 0.3 is 5.97 Å². The number of hydrogen-bond acceptors (Lipinski definition) is 7. The van der Waals surface area contributed by atoms with Crippen LogP contribution in [0.3, 0.4) is 0 Å². The van der Waals surface area contributed by atoms with Gasteiger partial charge in [0.05, 0.1) is 6.26 Å². The van der Waals surface area contributed by atoms with Crippen LogP contribution in [0.1, 0.15) is 24.4 Å². The number of ether oxygens (including phenoxy) is 3. The van der Waals surface area contributed by atoms with E-state index in [4.69, 9.17) is 18.6 Å². The van der Waals surface area contributed by atoms with Crippen LogP contribution in [0.4, 0.5) is 5.69 Å². The number of carbonyl (C=O) groups excluding carboxylic acids is 3. The standard InChI is InChI=1S/C19H20N2O7/c1-11(2)17(21-18(23)14-4-3-7-25-14)19(24)26-9-16(22)20-12-5-6-13-15(8-12)28-10-27-13/h3-8,11,17H,9-10H2,1-2H3,(H,20,22)(H,21,23)/t17-/m0/s1. The van der Waals surface area contributed by atoms with Crippen molar-refractivity contribution in [3.63, 3.8) is 0 Å². The predicted molar refractivity (Wildman–Crippen MR) is 97.0 cm³/mol. The van der Waals surface area contributed by atoms with Crippen molar-refractivity contribution in [2.24, 2.45) is 5.92 Å². The Labute approximate surface area is 160 Å². The Morgan fingerprint density at radius 1 is 1.14 bits per heavy atom. The molecule has 0 radical (unpaired) electrons. The maximum atomic E-state index is 12.3. The normalized spacial score (nSPS) is 13.1. The molecule has 3 rings (SSSR count). The van der Waals surface area contributed by atoms with Gasteiger partial charge in [0.2, 0.25) is 6.79 Å². The van der Waals surface area contributed by atoms with E-state index >= 15 is 0 Å². The maximum absolute atomic E-state index is 12.3. The van der Waals surface area contributed by atoms with Crippen molar-refractivity contribution in [1.82, 2.24) is 5.32 Å². The molecule has 0 bridgehead atoms. The van der Waals surface area contributed by atoms with E-state index in [1.165, 1.54) is 12.3 Å². The summed E-state index contributed by atoms with van der Waals surface area (Å²) in [6.07, 6.45) is 1.36. The Morgan fingerprint density at radius 2 is 1.93 bits per heavy atom. The maximum Gasteiger partial charge on any atom is 0.329 e. The number of carbonyl (C=O) groups is 3. The van der Waals surface area contributed by atoms with Crippen LogP contribution in [0, 0.1) is 5.92 Å². The second kappa shape index (κ2) is 8.47. The molecule has 2 N–H and O–H groups in total. The lowest BCUT2D eigenvalue weighted by Gasteiger charge is -2.20. The van der Waals surface area contributed by atoms with E-state index in [0.29, 0.717) is 17.2 Å². The van der Waals surface area contributed by atoms with Gasteiger partial charge in [0, 0.05) is 11.8 Å². The van der Waals surface area contributed by atoms with Gasteiger partial charge in [-0.2, -0.15) is 0 Å². The molecular weight excluding hydrogens is 368 g/mol. The zero-order valence-corrected chi connectivity index (χ0v) is 15.4. The monoisotopic (exact) mass is 388 g/mol. The third-order valence-corrected chi connectivity index (χ3v) is 3.95. The van der Waals surface area contributed by atoms with E-state index in [1.807, 2.05) is 0 Å². The van der Waals surface area contributed by atoms with Crippen LogP contribution in [0.2, 0.25) is 0 Å². The van der Waals surface area contributed by atoms with Crippen LogP contribution in [0.25, 0.3) is 0 Å². The van der Waals surface area contributed by atoms with Crippen LogP contribution in [-0.4, -0.2) is 37.2 Å². The van der Waals surface area contributed by atoms with Crippen LogP contribution in [0.5, 0.6) is 11.5 Å². The Balaban J connectivity index is 1.52. The molecule has 9 heteroatoms. The van der Waals surface area contributed by atoms with Gasteiger partial charge in [0.25, 0.3) is 11.8 Å². The first kappa shape index (κ1) is 19.3. The summed E-state index contributed by atoms with van der Waals surface area (Å²) in [7, 11) is 0. The highest BCUT2D eigenvalue weighted by molar-refractivity contribution is 5.96. The van der Waals surface area contributed by atoms with Gasteiger partial charge < -0.3 is 29.3 Å². The van der Waals surface area contributed by atoms with Gasteiger partial charge in [0.15, 0.2) is 23.9 Å². The molecule has 0 fully saturated rings. The van der Waals surface area contributed by atoms with Crippen LogP contribution in [-0.2, 0) is 14.3 Å². The first-order valence-electron chi connectivity index (χ1n) is 8.64. The predicted octanol–water partition coefficient (Wildman–Crippen LogP) is 1.94. The molecule has 1 aromatic heterocycles. The molecule has 2 heterocycles. The largest absolute Gasteiger partial charge is 0.459 e. The Morgan fingerprint density at radius 3 is 2.64 bits per heavy atom. The molecule has 28 heavy (non-hydrogen) atoms. The third kappa shape index (κ3) is 4.61. The number of hydrogen-bond donors (Lipinski definition) is 2. The average Bonchev–Trinajstić information content (AvgIpc) is 3.35. The third-order valence-electron chi connectivity index (χ3n) is 3.95. The SMILES string of the molecule is CC(C)[C@H](NC(=O)c1ccco1)C(=O)OCC(=O)Nc1ccc2c(c1)OCO2. The first-order chi connectivity index (χ1) is 13.4. The first-order valence-corrected chi connectivity index (χ1v) is 8.64. The van der Waals surface area contributed by atoms with Crippen LogP contribution >= 0.6 is 0 Å². The number of anilines is 1. The summed E-state index contributed by atoms with van der Waals surface area (Å²) in [5.74, 6) is -0.817. The molecule has 1 aromatic carbocycles. The summed E-state index contributed by atoms with van der Waals surface area (Å²) < 4.78 is 20.5. The van der Waals surface area contributed by atoms with Crippen molar-refractivity contribution < 1.29 is 33.0 Å². The van der Waals surface area contributed by atoms with Gasteiger partial charge in [-0.1, -0.05) is 13.8 Å². The van der Waals surface area contributed by atoms with E-state index in [9.17, 15) is 14.4 Å². The summed E-state index contributed by atoms with van der Waals surface area (Å²) >= 11 is 0.